The van der Waals surface area contributed by atoms with Crippen LogP contribution in [-0.4, -0.2) is 46.9 Å². The van der Waals surface area contributed by atoms with Crippen molar-refractivity contribution in [3.63, 3.8) is 0 Å². The predicted molar refractivity (Wildman–Crippen MR) is 88.7 cm³/mol. The van der Waals surface area contributed by atoms with Gasteiger partial charge in [0.25, 0.3) is 5.91 Å². The van der Waals surface area contributed by atoms with Crippen LogP contribution in [0.25, 0.3) is 0 Å². The van der Waals surface area contributed by atoms with Crippen LogP contribution in [-0.2, 0) is 11.3 Å². The van der Waals surface area contributed by atoms with Crippen LogP contribution in [0.3, 0.4) is 0 Å². The van der Waals surface area contributed by atoms with Crippen LogP contribution >= 0.6 is 0 Å². The van der Waals surface area contributed by atoms with Gasteiger partial charge in [0.1, 0.15) is 11.4 Å². The molecule has 0 unspecified atom stereocenters. The summed E-state index contributed by atoms with van der Waals surface area (Å²) in [5.41, 5.74) is -0.453. The van der Waals surface area contributed by atoms with Crippen molar-refractivity contribution in [3.8, 4) is 0 Å². The SMILES string of the molecule is CC(C)CN1CCC2(CC1)NC(=O)N(Cc1ccccc1F)C2=O. The number of carbonyl (C=O) groups is 2. The van der Waals surface area contributed by atoms with Gasteiger partial charge >= 0.3 is 6.03 Å². The molecular weight excluding hydrogens is 309 g/mol. The van der Waals surface area contributed by atoms with Crippen molar-refractivity contribution in [2.24, 2.45) is 5.92 Å². The lowest BCUT2D eigenvalue weighted by molar-refractivity contribution is -0.133. The predicted octanol–water partition coefficient (Wildman–Crippen LogP) is 2.37. The second-order valence-corrected chi connectivity index (χ2v) is 7.19. The van der Waals surface area contributed by atoms with E-state index in [9.17, 15) is 14.0 Å². The number of rotatable bonds is 4. The molecule has 3 amide bonds. The zero-order chi connectivity index (χ0) is 17.3. The van der Waals surface area contributed by atoms with Crippen LogP contribution in [0, 0.1) is 11.7 Å². The van der Waals surface area contributed by atoms with Gasteiger partial charge in [-0.05, 0) is 24.8 Å². The number of amides is 3. The van der Waals surface area contributed by atoms with E-state index in [4.69, 9.17) is 0 Å². The Hall–Kier alpha value is -1.95. The maximum atomic E-state index is 13.8. The Balaban J connectivity index is 1.70. The summed E-state index contributed by atoms with van der Waals surface area (Å²) >= 11 is 0. The summed E-state index contributed by atoms with van der Waals surface area (Å²) in [7, 11) is 0. The highest BCUT2D eigenvalue weighted by Gasteiger charge is 2.52. The first-order valence-corrected chi connectivity index (χ1v) is 8.51. The third-order valence-electron chi connectivity index (χ3n) is 4.87. The van der Waals surface area contributed by atoms with E-state index >= 15 is 0 Å². The molecule has 0 bridgehead atoms. The summed E-state index contributed by atoms with van der Waals surface area (Å²) in [4.78, 5) is 28.6. The molecule has 1 spiro atoms. The van der Waals surface area contributed by atoms with Crippen LogP contribution < -0.4 is 5.32 Å². The van der Waals surface area contributed by atoms with Gasteiger partial charge in [0.15, 0.2) is 0 Å². The molecular formula is C18H24FN3O2. The zero-order valence-electron chi connectivity index (χ0n) is 14.2. The van der Waals surface area contributed by atoms with E-state index in [2.05, 4.69) is 24.1 Å². The topological polar surface area (TPSA) is 52.7 Å². The molecule has 2 heterocycles. The quantitative estimate of drug-likeness (QED) is 0.861. The lowest BCUT2D eigenvalue weighted by atomic mass is 9.87. The standard InChI is InChI=1S/C18H24FN3O2/c1-13(2)11-21-9-7-18(8-10-21)16(23)22(17(24)20-18)12-14-5-3-4-6-15(14)19/h3-6,13H,7-12H2,1-2H3,(H,20,24). The number of urea groups is 1. The van der Waals surface area contributed by atoms with Gasteiger partial charge in [0.05, 0.1) is 6.54 Å². The van der Waals surface area contributed by atoms with Crippen molar-refractivity contribution < 1.29 is 14.0 Å². The Morgan fingerprint density at radius 3 is 2.50 bits per heavy atom. The molecule has 1 aromatic carbocycles. The molecule has 5 nitrogen and oxygen atoms in total. The number of hydrogen-bond donors (Lipinski definition) is 1. The second-order valence-electron chi connectivity index (χ2n) is 7.19. The Morgan fingerprint density at radius 1 is 1.21 bits per heavy atom. The molecule has 1 aromatic rings. The largest absolute Gasteiger partial charge is 0.325 e. The zero-order valence-corrected chi connectivity index (χ0v) is 14.2. The first kappa shape index (κ1) is 16.9. The van der Waals surface area contributed by atoms with Crippen molar-refractivity contribution in [1.82, 2.24) is 15.1 Å². The van der Waals surface area contributed by atoms with Crippen molar-refractivity contribution in [2.45, 2.75) is 38.8 Å². The Labute approximate surface area is 141 Å². The average Bonchev–Trinajstić information content (AvgIpc) is 2.76. The molecule has 1 N–H and O–H groups in total. The molecule has 0 aliphatic carbocycles. The van der Waals surface area contributed by atoms with Crippen molar-refractivity contribution in [3.05, 3.63) is 35.6 Å². The molecule has 2 fully saturated rings. The van der Waals surface area contributed by atoms with Gasteiger partial charge in [-0.2, -0.15) is 0 Å². The van der Waals surface area contributed by atoms with Crippen LogP contribution in [0.15, 0.2) is 24.3 Å². The van der Waals surface area contributed by atoms with E-state index in [1.807, 2.05) is 0 Å². The van der Waals surface area contributed by atoms with Crippen molar-refractivity contribution in [1.29, 1.82) is 0 Å². The lowest BCUT2D eigenvalue weighted by Crippen LogP contribution is -2.55. The smallest absolute Gasteiger partial charge is 0.323 e. The summed E-state index contributed by atoms with van der Waals surface area (Å²) in [6, 6.07) is 5.83. The molecule has 0 aromatic heterocycles. The first-order chi connectivity index (χ1) is 11.4. The Kier molecular flexibility index (Phi) is 4.58. The monoisotopic (exact) mass is 333 g/mol. The fourth-order valence-corrected chi connectivity index (χ4v) is 3.59. The van der Waals surface area contributed by atoms with E-state index in [0.29, 0.717) is 24.3 Å². The molecule has 6 heteroatoms. The molecule has 0 atom stereocenters. The number of carbonyl (C=O) groups excluding carboxylic acids is 2. The lowest BCUT2D eigenvalue weighted by Gasteiger charge is -2.38. The third kappa shape index (κ3) is 3.15. The van der Waals surface area contributed by atoms with Crippen molar-refractivity contribution >= 4 is 11.9 Å². The summed E-state index contributed by atoms with van der Waals surface area (Å²) in [5.74, 6) is -0.0452. The maximum absolute atomic E-state index is 13.8. The van der Waals surface area contributed by atoms with E-state index in [1.165, 1.54) is 6.07 Å². The number of piperidine rings is 1. The number of nitrogens with zero attached hydrogens (tertiary/aromatic N) is 2. The maximum Gasteiger partial charge on any atom is 0.325 e. The minimum absolute atomic E-state index is 0.0190. The van der Waals surface area contributed by atoms with Crippen LogP contribution in [0.1, 0.15) is 32.3 Å². The molecule has 2 aliphatic rings. The first-order valence-electron chi connectivity index (χ1n) is 8.51. The molecule has 0 radical (unpaired) electrons. The van der Waals surface area contributed by atoms with Crippen LogP contribution in [0.5, 0.6) is 0 Å². The van der Waals surface area contributed by atoms with Gasteiger partial charge in [-0.15, -0.1) is 0 Å². The van der Waals surface area contributed by atoms with Crippen LogP contribution in [0.2, 0.25) is 0 Å². The van der Waals surface area contributed by atoms with Gasteiger partial charge in [-0.25, -0.2) is 9.18 Å². The van der Waals surface area contributed by atoms with E-state index < -0.39 is 17.4 Å². The Bertz CT molecular complexity index is 639. The van der Waals surface area contributed by atoms with E-state index in [-0.39, 0.29) is 12.5 Å². The number of imide groups is 1. The highest BCUT2D eigenvalue weighted by atomic mass is 19.1. The summed E-state index contributed by atoms with van der Waals surface area (Å²) in [5, 5.41) is 2.87. The van der Waals surface area contributed by atoms with E-state index in [0.717, 1.165) is 24.5 Å². The average molecular weight is 333 g/mol. The Morgan fingerprint density at radius 2 is 1.88 bits per heavy atom. The third-order valence-corrected chi connectivity index (χ3v) is 4.87. The number of nitrogens with one attached hydrogen (secondary N) is 1. The molecule has 24 heavy (non-hydrogen) atoms. The number of likely N-dealkylation sites (tertiary alicyclic amines) is 1. The summed E-state index contributed by atoms with van der Waals surface area (Å²) < 4.78 is 13.8. The molecule has 130 valence electrons. The summed E-state index contributed by atoms with van der Waals surface area (Å²) in [6.07, 6.45) is 1.22. The molecule has 2 saturated heterocycles. The molecule has 0 saturated carbocycles. The van der Waals surface area contributed by atoms with Gasteiger partial charge in [-0.3, -0.25) is 9.69 Å². The second kappa shape index (κ2) is 6.51. The fourth-order valence-electron chi connectivity index (χ4n) is 3.59. The van der Waals surface area contributed by atoms with E-state index in [1.54, 1.807) is 18.2 Å². The number of benzene rings is 1. The van der Waals surface area contributed by atoms with Gasteiger partial charge in [0.2, 0.25) is 0 Å². The number of halogens is 1. The molecule has 3 rings (SSSR count). The van der Waals surface area contributed by atoms with Crippen LogP contribution in [0.4, 0.5) is 9.18 Å². The highest BCUT2D eigenvalue weighted by molar-refractivity contribution is 6.07. The van der Waals surface area contributed by atoms with Gasteiger partial charge in [0, 0.05) is 25.2 Å². The van der Waals surface area contributed by atoms with Gasteiger partial charge < -0.3 is 10.2 Å². The van der Waals surface area contributed by atoms with Crippen molar-refractivity contribution in [2.75, 3.05) is 19.6 Å². The minimum atomic E-state index is -0.810. The normalized spacial score (nSPS) is 20.9. The highest BCUT2D eigenvalue weighted by Crippen LogP contribution is 2.30. The summed E-state index contributed by atoms with van der Waals surface area (Å²) in [6.45, 7) is 6.90. The minimum Gasteiger partial charge on any atom is -0.323 e. The number of hydrogen-bond acceptors (Lipinski definition) is 3. The fraction of sp³-hybridized carbons (Fsp3) is 0.556. The van der Waals surface area contributed by atoms with Gasteiger partial charge in [-0.1, -0.05) is 32.0 Å². The molecule has 2 aliphatic heterocycles.